The molecular formula is C13H16N2O3. The van der Waals surface area contributed by atoms with Crippen molar-refractivity contribution in [2.45, 2.75) is 19.5 Å². The van der Waals surface area contributed by atoms with Gasteiger partial charge in [0.1, 0.15) is 0 Å². The van der Waals surface area contributed by atoms with Crippen LogP contribution < -0.4 is 5.32 Å². The number of rotatable bonds is 3. The predicted molar refractivity (Wildman–Crippen MR) is 66.3 cm³/mol. The Morgan fingerprint density at radius 1 is 1.50 bits per heavy atom. The summed E-state index contributed by atoms with van der Waals surface area (Å²) < 4.78 is 0. The van der Waals surface area contributed by atoms with Crippen molar-refractivity contribution >= 4 is 11.9 Å². The lowest BCUT2D eigenvalue weighted by Crippen LogP contribution is -2.53. The second kappa shape index (κ2) is 5.18. The number of nitrogens with one attached hydrogen (secondary N) is 1. The van der Waals surface area contributed by atoms with Crippen LogP contribution in [-0.2, 0) is 11.3 Å². The summed E-state index contributed by atoms with van der Waals surface area (Å²) in [6.07, 6.45) is 0. The summed E-state index contributed by atoms with van der Waals surface area (Å²) in [5.41, 5.74) is 1.04. The van der Waals surface area contributed by atoms with E-state index in [4.69, 9.17) is 5.11 Å². The first-order valence-electron chi connectivity index (χ1n) is 5.92. The van der Waals surface area contributed by atoms with Gasteiger partial charge in [0.2, 0.25) is 5.91 Å². The highest BCUT2D eigenvalue weighted by Gasteiger charge is 2.26. The van der Waals surface area contributed by atoms with Crippen molar-refractivity contribution in [3.8, 4) is 0 Å². The minimum Gasteiger partial charge on any atom is -0.478 e. The van der Waals surface area contributed by atoms with Crippen LogP contribution in [0.4, 0.5) is 0 Å². The number of hydrogen-bond donors (Lipinski definition) is 2. The van der Waals surface area contributed by atoms with Gasteiger partial charge in [0.05, 0.1) is 11.6 Å². The molecule has 1 heterocycles. The molecule has 1 fully saturated rings. The molecule has 0 spiro atoms. The van der Waals surface area contributed by atoms with E-state index in [1.807, 2.05) is 17.9 Å². The monoisotopic (exact) mass is 248 g/mol. The van der Waals surface area contributed by atoms with E-state index in [-0.39, 0.29) is 11.9 Å². The number of carbonyl (C=O) groups excluding carboxylic acids is 1. The first-order valence-corrected chi connectivity index (χ1v) is 5.92. The van der Waals surface area contributed by atoms with Crippen LogP contribution in [-0.4, -0.2) is 41.0 Å². The smallest absolute Gasteiger partial charge is 0.336 e. The number of piperazine rings is 1. The van der Waals surface area contributed by atoms with Crippen molar-refractivity contribution in [2.75, 3.05) is 13.1 Å². The molecular weight excluding hydrogens is 232 g/mol. The third-order valence-corrected chi connectivity index (χ3v) is 3.25. The Hall–Kier alpha value is -1.88. The zero-order valence-corrected chi connectivity index (χ0v) is 10.2. The molecule has 1 atom stereocenters. The first-order chi connectivity index (χ1) is 8.59. The SMILES string of the molecule is CC1C(=O)NCCN1Cc1ccccc1C(=O)O. The van der Waals surface area contributed by atoms with Crippen molar-refractivity contribution in [1.82, 2.24) is 10.2 Å². The molecule has 1 aliphatic rings. The molecule has 1 amide bonds. The van der Waals surface area contributed by atoms with Crippen molar-refractivity contribution in [1.29, 1.82) is 0 Å². The van der Waals surface area contributed by atoms with Gasteiger partial charge >= 0.3 is 5.97 Å². The summed E-state index contributed by atoms with van der Waals surface area (Å²) in [5, 5.41) is 11.9. The second-order valence-electron chi connectivity index (χ2n) is 4.40. The van der Waals surface area contributed by atoms with Crippen molar-refractivity contribution < 1.29 is 14.7 Å². The minimum atomic E-state index is -0.931. The molecule has 2 rings (SSSR count). The fraction of sp³-hybridized carbons (Fsp3) is 0.385. The number of carboxylic acids is 1. The standard InChI is InChI=1S/C13H16N2O3/c1-9-12(16)14-6-7-15(9)8-10-4-2-3-5-11(10)13(17)18/h2-5,9H,6-8H2,1H3,(H,14,16)(H,17,18). The number of nitrogens with zero attached hydrogens (tertiary/aromatic N) is 1. The summed E-state index contributed by atoms with van der Waals surface area (Å²) in [7, 11) is 0. The zero-order chi connectivity index (χ0) is 13.1. The molecule has 18 heavy (non-hydrogen) atoms. The first kappa shape index (κ1) is 12.6. The lowest BCUT2D eigenvalue weighted by Gasteiger charge is -2.32. The van der Waals surface area contributed by atoms with Crippen LogP contribution in [0.15, 0.2) is 24.3 Å². The van der Waals surface area contributed by atoms with Gasteiger partial charge in [-0.25, -0.2) is 4.79 Å². The number of carboxylic acid groups (broad SMARTS) is 1. The van der Waals surface area contributed by atoms with E-state index in [0.29, 0.717) is 18.7 Å². The number of carbonyl (C=O) groups is 2. The summed E-state index contributed by atoms with van der Waals surface area (Å²) in [5.74, 6) is -0.936. The van der Waals surface area contributed by atoms with E-state index in [0.717, 1.165) is 12.1 Å². The van der Waals surface area contributed by atoms with Gasteiger partial charge in [-0.05, 0) is 18.6 Å². The lowest BCUT2D eigenvalue weighted by atomic mass is 10.1. The molecule has 0 aliphatic carbocycles. The zero-order valence-electron chi connectivity index (χ0n) is 10.2. The Labute approximate surface area is 105 Å². The van der Waals surface area contributed by atoms with Gasteiger partial charge in [-0.1, -0.05) is 18.2 Å². The predicted octanol–water partition coefficient (Wildman–Crippen LogP) is 0.705. The molecule has 5 heteroatoms. The normalized spacial score (nSPS) is 20.5. The molecule has 1 aromatic rings. The van der Waals surface area contributed by atoms with Crippen molar-refractivity contribution in [3.63, 3.8) is 0 Å². The Kier molecular flexibility index (Phi) is 3.62. The highest BCUT2D eigenvalue weighted by Crippen LogP contribution is 2.15. The van der Waals surface area contributed by atoms with Crippen molar-refractivity contribution in [2.24, 2.45) is 0 Å². The molecule has 96 valence electrons. The van der Waals surface area contributed by atoms with Gasteiger partial charge in [0.15, 0.2) is 0 Å². The van der Waals surface area contributed by atoms with Gasteiger partial charge in [-0.3, -0.25) is 9.69 Å². The number of aromatic carboxylic acids is 1. The van der Waals surface area contributed by atoms with Crippen LogP contribution in [0.5, 0.6) is 0 Å². The van der Waals surface area contributed by atoms with Crippen LogP contribution in [0, 0.1) is 0 Å². The summed E-state index contributed by atoms with van der Waals surface area (Å²) in [6.45, 7) is 3.66. The van der Waals surface area contributed by atoms with Crippen LogP contribution >= 0.6 is 0 Å². The maximum atomic E-state index is 11.5. The number of hydrogen-bond acceptors (Lipinski definition) is 3. The lowest BCUT2D eigenvalue weighted by molar-refractivity contribution is -0.128. The average molecular weight is 248 g/mol. The maximum absolute atomic E-state index is 11.5. The van der Waals surface area contributed by atoms with Crippen LogP contribution in [0.3, 0.4) is 0 Å². The largest absolute Gasteiger partial charge is 0.478 e. The fourth-order valence-electron chi connectivity index (χ4n) is 2.13. The number of benzene rings is 1. The fourth-order valence-corrected chi connectivity index (χ4v) is 2.13. The third kappa shape index (κ3) is 2.51. The van der Waals surface area contributed by atoms with Crippen molar-refractivity contribution in [3.05, 3.63) is 35.4 Å². The Morgan fingerprint density at radius 3 is 2.94 bits per heavy atom. The van der Waals surface area contributed by atoms with Crippen LogP contribution in [0.1, 0.15) is 22.8 Å². The Morgan fingerprint density at radius 2 is 2.22 bits per heavy atom. The molecule has 0 aromatic heterocycles. The molecule has 1 aliphatic heterocycles. The molecule has 0 radical (unpaired) electrons. The van der Waals surface area contributed by atoms with Crippen LogP contribution in [0.25, 0.3) is 0 Å². The molecule has 1 aromatic carbocycles. The molecule has 2 N–H and O–H groups in total. The average Bonchev–Trinajstić information content (AvgIpc) is 2.35. The van der Waals surface area contributed by atoms with E-state index in [1.54, 1.807) is 18.2 Å². The number of amides is 1. The summed E-state index contributed by atoms with van der Waals surface area (Å²) in [6, 6.07) is 6.69. The van der Waals surface area contributed by atoms with E-state index in [1.165, 1.54) is 0 Å². The van der Waals surface area contributed by atoms with Gasteiger partial charge in [0.25, 0.3) is 0 Å². The van der Waals surface area contributed by atoms with Gasteiger partial charge in [-0.2, -0.15) is 0 Å². The van der Waals surface area contributed by atoms with E-state index < -0.39 is 5.97 Å². The second-order valence-corrected chi connectivity index (χ2v) is 4.40. The van der Waals surface area contributed by atoms with Gasteiger partial charge in [-0.15, -0.1) is 0 Å². The topological polar surface area (TPSA) is 69.6 Å². The van der Waals surface area contributed by atoms with Crippen LogP contribution in [0.2, 0.25) is 0 Å². The minimum absolute atomic E-state index is 0.00550. The Bertz CT molecular complexity index is 473. The highest BCUT2D eigenvalue weighted by atomic mass is 16.4. The molecule has 5 nitrogen and oxygen atoms in total. The van der Waals surface area contributed by atoms with Gasteiger partial charge < -0.3 is 10.4 Å². The summed E-state index contributed by atoms with van der Waals surface area (Å²) >= 11 is 0. The van der Waals surface area contributed by atoms with Gasteiger partial charge in [0, 0.05) is 19.6 Å². The van der Waals surface area contributed by atoms with E-state index >= 15 is 0 Å². The molecule has 1 unspecified atom stereocenters. The molecule has 1 saturated heterocycles. The molecule has 0 bridgehead atoms. The maximum Gasteiger partial charge on any atom is 0.336 e. The third-order valence-electron chi connectivity index (χ3n) is 3.25. The van der Waals surface area contributed by atoms with E-state index in [9.17, 15) is 9.59 Å². The van der Waals surface area contributed by atoms with E-state index in [2.05, 4.69) is 5.32 Å². The highest BCUT2D eigenvalue weighted by molar-refractivity contribution is 5.89. The summed E-state index contributed by atoms with van der Waals surface area (Å²) in [4.78, 5) is 24.6. The molecule has 0 saturated carbocycles. The Balaban J connectivity index is 2.18. The quantitative estimate of drug-likeness (QED) is 0.826.